The van der Waals surface area contributed by atoms with E-state index in [2.05, 4.69) is 4.98 Å². The van der Waals surface area contributed by atoms with E-state index in [1.165, 1.54) is 18.3 Å². The molecule has 0 saturated carbocycles. The van der Waals surface area contributed by atoms with Crippen LogP contribution in [0.4, 0.5) is 18.9 Å². The smallest absolute Gasteiger partial charge is 0.367 e. The lowest BCUT2D eigenvalue weighted by atomic mass is 9.98. The summed E-state index contributed by atoms with van der Waals surface area (Å²) in [4.78, 5) is 5.23. The Labute approximate surface area is 104 Å². The van der Waals surface area contributed by atoms with Crippen molar-refractivity contribution >= 4 is 5.69 Å². The van der Waals surface area contributed by atoms with E-state index in [9.17, 15) is 13.2 Å². The van der Waals surface area contributed by atoms with Crippen LogP contribution in [0.3, 0.4) is 0 Å². The summed E-state index contributed by atoms with van der Waals surface area (Å²) in [6, 6.07) is 3.08. The Morgan fingerprint density at radius 2 is 2.17 bits per heavy atom. The highest BCUT2D eigenvalue weighted by Crippen LogP contribution is 2.36. The van der Waals surface area contributed by atoms with Gasteiger partial charge in [0.1, 0.15) is 0 Å². The summed E-state index contributed by atoms with van der Waals surface area (Å²) in [5.74, 6) is 0. The first kappa shape index (κ1) is 13.1. The maximum atomic E-state index is 12.9. The molecule has 6 heteroatoms. The number of nitrogens with zero attached hydrogens (tertiary/aromatic N) is 2. The molecule has 0 bridgehead atoms. The predicted octanol–water partition coefficient (Wildman–Crippen LogP) is 2.42. The molecule has 2 rings (SSSR count). The van der Waals surface area contributed by atoms with Gasteiger partial charge >= 0.3 is 6.18 Å². The number of nitrogens with two attached hydrogens (primary N) is 1. The molecule has 0 amide bonds. The number of anilines is 1. The number of piperidine rings is 1. The van der Waals surface area contributed by atoms with E-state index in [1.54, 1.807) is 4.90 Å². The van der Waals surface area contributed by atoms with E-state index in [-0.39, 0.29) is 17.8 Å². The highest BCUT2D eigenvalue weighted by atomic mass is 19.4. The quantitative estimate of drug-likeness (QED) is 0.842. The Hall–Kier alpha value is -1.30. The summed E-state index contributed by atoms with van der Waals surface area (Å²) in [6.45, 7) is 2.43. The van der Waals surface area contributed by atoms with E-state index < -0.39 is 11.9 Å². The first-order valence-electron chi connectivity index (χ1n) is 5.94. The zero-order chi connectivity index (χ0) is 13.3. The van der Waals surface area contributed by atoms with Gasteiger partial charge in [-0.25, -0.2) is 4.98 Å². The van der Waals surface area contributed by atoms with Crippen molar-refractivity contribution in [3.05, 3.63) is 24.0 Å². The molecular weight excluding hydrogens is 243 g/mol. The summed E-state index contributed by atoms with van der Waals surface area (Å²) in [5.41, 5.74) is 5.17. The van der Waals surface area contributed by atoms with Gasteiger partial charge < -0.3 is 10.6 Å². The lowest BCUT2D eigenvalue weighted by molar-refractivity contribution is -0.140. The number of pyridine rings is 1. The normalized spacial score (nSPS) is 25.3. The SMILES string of the molecule is CC1CC(N)CCN1c1cccnc1C(F)(F)F. The maximum absolute atomic E-state index is 12.9. The first-order valence-corrected chi connectivity index (χ1v) is 5.94. The van der Waals surface area contributed by atoms with Crippen molar-refractivity contribution in [1.29, 1.82) is 0 Å². The van der Waals surface area contributed by atoms with Gasteiger partial charge in [0.25, 0.3) is 0 Å². The highest BCUT2D eigenvalue weighted by Gasteiger charge is 2.38. The summed E-state index contributed by atoms with van der Waals surface area (Å²) < 4.78 is 38.7. The third-order valence-corrected chi connectivity index (χ3v) is 3.28. The van der Waals surface area contributed by atoms with Gasteiger partial charge in [-0.15, -0.1) is 0 Å². The van der Waals surface area contributed by atoms with E-state index in [4.69, 9.17) is 5.73 Å². The zero-order valence-electron chi connectivity index (χ0n) is 10.1. The van der Waals surface area contributed by atoms with E-state index in [1.807, 2.05) is 6.92 Å². The van der Waals surface area contributed by atoms with Crippen LogP contribution in [0.15, 0.2) is 18.3 Å². The number of alkyl halides is 3. The lowest BCUT2D eigenvalue weighted by Gasteiger charge is -2.38. The van der Waals surface area contributed by atoms with Crippen LogP contribution in [0, 0.1) is 0 Å². The topological polar surface area (TPSA) is 42.1 Å². The lowest BCUT2D eigenvalue weighted by Crippen LogP contribution is -2.46. The summed E-state index contributed by atoms with van der Waals surface area (Å²) in [6.07, 6.45) is -1.84. The second-order valence-electron chi connectivity index (χ2n) is 4.70. The molecule has 1 aliphatic heterocycles. The van der Waals surface area contributed by atoms with E-state index in [0.717, 1.165) is 0 Å². The molecule has 2 unspecified atom stereocenters. The van der Waals surface area contributed by atoms with Crippen LogP contribution in [0.5, 0.6) is 0 Å². The molecule has 2 atom stereocenters. The van der Waals surface area contributed by atoms with Crippen LogP contribution in [0.25, 0.3) is 0 Å². The molecular formula is C12H16F3N3. The first-order chi connectivity index (χ1) is 8.39. The molecule has 100 valence electrons. The molecule has 2 heterocycles. The minimum atomic E-state index is -4.42. The van der Waals surface area contributed by atoms with Crippen molar-refractivity contribution in [2.24, 2.45) is 5.73 Å². The van der Waals surface area contributed by atoms with Crippen LogP contribution in [-0.2, 0) is 6.18 Å². The summed E-state index contributed by atoms with van der Waals surface area (Å²) in [7, 11) is 0. The predicted molar refractivity (Wildman–Crippen MR) is 63.3 cm³/mol. The van der Waals surface area contributed by atoms with Crippen LogP contribution in [-0.4, -0.2) is 23.6 Å². The van der Waals surface area contributed by atoms with Gasteiger partial charge in [-0.05, 0) is 31.9 Å². The van der Waals surface area contributed by atoms with Crippen molar-refractivity contribution in [2.45, 2.75) is 38.0 Å². The van der Waals surface area contributed by atoms with Gasteiger partial charge in [0.05, 0.1) is 5.69 Å². The molecule has 0 aliphatic carbocycles. The molecule has 1 aromatic heterocycles. The minimum Gasteiger partial charge on any atom is -0.367 e. The molecule has 1 saturated heterocycles. The average Bonchev–Trinajstić information content (AvgIpc) is 2.28. The fourth-order valence-corrected chi connectivity index (χ4v) is 2.41. The standard InChI is InChI=1S/C12H16F3N3/c1-8-7-9(16)4-6-18(8)10-3-2-5-17-11(10)12(13,14)15/h2-3,5,8-9H,4,6-7,16H2,1H3. The van der Waals surface area contributed by atoms with Gasteiger partial charge in [-0.1, -0.05) is 0 Å². The molecule has 1 aliphatic rings. The van der Waals surface area contributed by atoms with Gasteiger partial charge in [0, 0.05) is 24.8 Å². The largest absolute Gasteiger partial charge is 0.435 e. The molecule has 1 fully saturated rings. The third-order valence-electron chi connectivity index (χ3n) is 3.28. The molecule has 0 spiro atoms. The van der Waals surface area contributed by atoms with Crippen LogP contribution in [0.2, 0.25) is 0 Å². The number of aromatic nitrogens is 1. The van der Waals surface area contributed by atoms with Gasteiger partial charge in [0.2, 0.25) is 0 Å². The van der Waals surface area contributed by atoms with Crippen molar-refractivity contribution < 1.29 is 13.2 Å². The molecule has 2 N–H and O–H groups in total. The van der Waals surface area contributed by atoms with Gasteiger partial charge in [-0.2, -0.15) is 13.2 Å². The number of hydrogen-bond donors (Lipinski definition) is 1. The second kappa shape index (κ2) is 4.76. The Bertz CT molecular complexity index is 419. The molecule has 0 radical (unpaired) electrons. The van der Waals surface area contributed by atoms with Crippen molar-refractivity contribution in [1.82, 2.24) is 4.98 Å². The maximum Gasteiger partial charge on any atom is 0.435 e. The molecule has 3 nitrogen and oxygen atoms in total. The second-order valence-corrected chi connectivity index (χ2v) is 4.70. The van der Waals surface area contributed by atoms with Gasteiger partial charge in [-0.3, -0.25) is 0 Å². The van der Waals surface area contributed by atoms with Gasteiger partial charge in [0.15, 0.2) is 5.69 Å². The van der Waals surface area contributed by atoms with Crippen molar-refractivity contribution in [3.63, 3.8) is 0 Å². The Balaban J connectivity index is 2.33. The van der Waals surface area contributed by atoms with Crippen LogP contribution < -0.4 is 10.6 Å². The minimum absolute atomic E-state index is 0.000880. The molecule has 0 aromatic carbocycles. The van der Waals surface area contributed by atoms with Crippen LogP contribution in [0.1, 0.15) is 25.5 Å². The molecule has 18 heavy (non-hydrogen) atoms. The third kappa shape index (κ3) is 2.58. The van der Waals surface area contributed by atoms with Crippen molar-refractivity contribution in [3.8, 4) is 0 Å². The van der Waals surface area contributed by atoms with Crippen molar-refractivity contribution in [2.75, 3.05) is 11.4 Å². The van der Waals surface area contributed by atoms with Crippen LogP contribution >= 0.6 is 0 Å². The fourth-order valence-electron chi connectivity index (χ4n) is 2.41. The van der Waals surface area contributed by atoms with E-state index in [0.29, 0.717) is 19.4 Å². The Morgan fingerprint density at radius 3 is 2.78 bits per heavy atom. The fraction of sp³-hybridized carbons (Fsp3) is 0.583. The number of halogens is 3. The monoisotopic (exact) mass is 259 g/mol. The van der Waals surface area contributed by atoms with E-state index >= 15 is 0 Å². The average molecular weight is 259 g/mol. The molecule has 1 aromatic rings. The highest BCUT2D eigenvalue weighted by molar-refractivity contribution is 5.53. The Kier molecular flexibility index (Phi) is 3.47. The summed E-state index contributed by atoms with van der Waals surface area (Å²) in [5, 5.41) is 0. The zero-order valence-corrected chi connectivity index (χ0v) is 10.1. The number of rotatable bonds is 1. The number of hydrogen-bond acceptors (Lipinski definition) is 3. The summed E-state index contributed by atoms with van der Waals surface area (Å²) >= 11 is 0. The Morgan fingerprint density at radius 1 is 1.44 bits per heavy atom.